The maximum Gasteiger partial charge on any atom is 0.164 e. The lowest BCUT2D eigenvalue weighted by Crippen LogP contribution is -2.20. The van der Waals surface area contributed by atoms with E-state index in [9.17, 15) is 8.78 Å². The molecule has 2 rings (SSSR count). The van der Waals surface area contributed by atoms with Crippen LogP contribution < -0.4 is 5.32 Å². The quantitative estimate of drug-likeness (QED) is 0.918. The molecule has 0 saturated heterocycles. The monoisotopic (exact) mass is 262 g/mol. The van der Waals surface area contributed by atoms with Gasteiger partial charge in [-0.05, 0) is 43.7 Å². The van der Waals surface area contributed by atoms with E-state index in [1.807, 2.05) is 13.0 Å². The number of benzene rings is 1. The SMILES string of the molecule is CNC(c1cnccc1C)c1ccc(C)c(F)c1F. The van der Waals surface area contributed by atoms with Gasteiger partial charge in [-0.3, -0.25) is 4.98 Å². The summed E-state index contributed by atoms with van der Waals surface area (Å²) >= 11 is 0. The second-order valence-electron chi connectivity index (χ2n) is 4.55. The zero-order valence-electron chi connectivity index (χ0n) is 11.2. The van der Waals surface area contributed by atoms with Crippen LogP contribution in [0.2, 0.25) is 0 Å². The summed E-state index contributed by atoms with van der Waals surface area (Å²) in [4.78, 5) is 4.05. The normalized spacial score (nSPS) is 12.5. The minimum atomic E-state index is -0.803. The van der Waals surface area contributed by atoms with Crippen molar-refractivity contribution in [2.24, 2.45) is 0 Å². The van der Waals surface area contributed by atoms with Crippen molar-refractivity contribution in [1.82, 2.24) is 10.3 Å². The molecule has 2 nitrogen and oxygen atoms in total. The fourth-order valence-electron chi connectivity index (χ4n) is 2.14. The van der Waals surface area contributed by atoms with Gasteiger partial charge in [0.1, 0.15) is 0 Å². The van der Waals surface area contributed by atoms with Crippen molar-refractivity contribution in [1.29, 1.82) is 0 Å². The molecule has 19 heavy (non-hydrogen) atoms. The van der Waals surface area contributed by atoms with Crippen LogP contribution in [-0.4, -0.2) is 12.0 Å². The Morgan fingerprint density at radius 2 is 1.74 bits per heavy atom. The van der Waals surface area contributed by atoms with Crippen molar-refractivity contribution < 1.29 is 8.78 Å². The average molecular weight is 262 g/mol. The molecule has 4 heteroatoms. The maximum atomic E-state index is 14.1. The minimum absolute atomic E-state index is 0.293. The molecular weight excluding hydrogens is 246 g/mol. The molecule has 1 heterocycles. The van der Waals surface area contributed by atoms with Gasteiger partial charge in [0.2, 0.25) is 0 Å². The first-order chi connectivity index (χ1) is 9.06. The summed E-state index contributed by atoms with van der Waals surface area (Å²) in [5.74, 6) is -1.60. The van der Waals surface area contributed by atoms with Gasteiger partial charge in [0, 0.05) is 18.0 Å². The molecule has 0 spiro atoms. The lowest BCUT2D eigenvalue weighted by molar-refractivity contribution is 0.482. The highest BCUT2D eigenvalue weighted by molar-refractivity contribution is 5.37. The summed E-state index contributed by atoms with van der Waals surface area (Å²) in [5, 5.41) is 3.02. The predicted molar refractivity (Wildman–Crippen MR) is 71.0 cm³/mol. The van der Waals surface area contributed by atoms with Crippen molar-refractivity contribution in [3.8, 4) is 0 Å². The molecule has 0 amide bonds. The first kappa shape index (κ1) is 13.6. The van der Waals surface area contributed by atoms with Crippen LogP contribution in [0, 0.1) is 25.5 Å². The van der Waals surface area contributed by atoms with E-state index in [1.54, 1.807) is 38.5 Å². The Bertz CT molecular complexity index is 597. The Kier molecular flexibility index (Phi) is 3.90. The second kappa shape index (κ2) is 5.45. The van der Waals surface area contributed by atoms with Crippen molar-refractivity contribution in [2.75, 3.05) is 7.05 Å². The van der Waals surface area contributed by atoms with E-state index in [4.69, 9.17) is 0 Å². The number of rotatable bonds is 3. The van der Waals surface area contributed by atoms with Crippen LogP contribution in [0.1, 0.15) is 28.3 Å². The van der Waals surface area contributed by atoms with Crippen LogP contribution in [0.3, 0.4) is 0 Å². The summed E-state index contributed by atoms with van der Waals surface area (Å²) < 4.78 is 27.8. The van der Waals surface area contributed by atoms with Gasteiger partial charge in [-0.2, -0.15) is 0 Å². The number of hydrogen-bond acceptors (Lipinski definition) is 2. The summed E-state index contributed by atoms with van der Waals surface area (Å²) in [6.07, 6.45) is 3.35. The van der Waals surface area contributed by atoms with Gasteiger partial charge in [-0.25, -0.2) is 8.78 Å². The van der Waals surface area contributed by atoms with Crippen LogP contribution >= 0.6 is 0 Å². The first-order valence-corrected chi connectivity index (χ1v) is 6.08. The van der Waals surface area contributed by atoms with E-state index < -0.39 is 17.7 Å². The fourth-order valence-corrected chi connectivity index (χ4v) is 2.14. The number of nitrogens with one attached hydrogen (secondary N) is 1. The van der Waals surface area contributed by atoms with E-state index in [0.29, 0.717) is 11.1 Å². The third-order valence-corrected chi connectivity index (χ3v) is 3.30. The zero-order chi connectivity index (χ0) is 14.0. The molecule has 0 saturated carbocycles. The smallest absolute Gasteiger partial charge is 0.164 e. The third kappa shape index (κ3) is 2.49. The topological polar surface area (TPSA) is 24.9 Å². The largest absolute Gasteiger partial charge is 0.309 e. The van der Waals surface area contributed by atoms with Crippen LogP contribution in [-0.2, 0) is 0 Å². The molecule has 0 bridgehead atoms. The standard InChI is InChI=1S/C15H16F2N2/c1-9-6-7-19-8-12(9)15(18-3)11-5-4-10(2)13(16)14(11)17/h4-8,15,18H,1-3H3. The maximum absolute atomic E-state index is 14.1. The van der Waals surface area contributed by atoms with E-state index in [1.165, 1.54) is 0 Å². The molecule has 0 fully saturated rings. The fraction of sp³-hybridized carbons (Fsp3) is 0.267. The lowest BCUT2D eigenvalue weighted by atomic mass is 9.95. The Labute approximate surface area is 111 Å². The van der Waals surface area contributed by atoms with E-state index in [2.05, 4.69) is 10.3 Å². The summed E-state index contributed by atoms with van der Waals surface area (Å²) in [6.45, 7) is 3.47. The van der Waals surface area contributed by atoms with Gasteiger partial charge >= 0.3 is 0 Å². The summed E-state index contributed by atoms with van der Waals surface area (Å²) in [7, 11) is 1.72. The van der Waals surface area contributed by atoms with E-state index in [0.717, 1.165) is 11.1 Å². The minimum Gasteiger partial charge on any atom is -0.309 e. The Morgan fingerprint density at radius 1 is 1.00 bits per heavy atom. The molecule has 1 N–H and O–H groups in total. The van der Waals surface area contributed by atoms with E-state index in [-0.39, 0.29) is 0 Å². The highest BCUT2D eigenvalue weighted by Crippen LogP contribution is 2.28. The molecule has 0 aliphatic heterocycles. The molecule has 0 aliphatic rings. The highest BCUT2D eigenvalue weighted by atomic mass is 19.2. The number of nitrogens with zero attached hydrogens (tertiary/aromatic N) is 1. The van der Waals surface area contributed by atoms with E-state index >= 15 is 0 Å². The molecule has 1 aromatic heterocycles. The predicted octanol–water partition coefficient (Wildman–Crippen LogP) is 3.29. The van der Waals surface area contributed by atoms with Crippen molar-refractivity contribution in [2.45, 2.75) is 19.9 Å². The zero-order valence-corrected chi connectivity index (χ0v) is 11.2. The molecule has 0 radical (unpaired) electrons. The third-order valence-electron chi connectivity index (χ3n) is 3.30. The second-order valence-corrected chi connectivity index (χ2v) is 4.55. The van der Waals surface area contributed by atoms with Gasteiger partial charge in [0.15, 0.2) is 11.6 Å². The van der Waals surface area contributed by atoms with Crippen LogP contribution in [0.25, 0.3) is 0 Å². The molecular formula is C15H16F2N2. The molecule has 0 aliphatic carbocycles. The Hall–Kier alpha value is -1.81. The number of aromatic nitrogens is 1. The van der Waals surface area contributed by atoms with Gasteiger partial charge in [0.25, 0.3) is 0 Å². The first-order valence-electron chi connectivity index (χ1n) is 6.08. The van der Waals surface area contributed by atoms with Crippen molar-refractivity contribution >= 4 is 0 Å². The van der Waals surface area contributed by atoms with Gasteiger partial charge in [0.05, 0.1) is 6.04 Å². The van der Waals surface area contributed by atoms with Crippen LogP contribution in [0.4, 0.5) is 8.78 Å². The van der Waals surface area contributed by atoms with Crippen LogP contribution in [0.5, 0.6) is 0 Å². The molecule has 1 aromatic carbocycles. The summed E-state index contributed by atoms with van der Waals surface area (Å²) in [5.41, 5.74) is 2.42. The van der Waals surface area contributed by atoms with Crippen molar-refractivity contribution in [3.05, 3.63) is 64.5 Å². The van der Waals surface area contributed by atoms with Gasteiger partial charge < -0.3 is 5.32 Å². The lowest BCUT2D eigenvalue weighted by Gasteiger charge is -2.20. The number of pyridine rings is 1. The van der Waals surface area contributed by atoms with Crippen molar-refractivity contribution in [3.63, 3.8) is 0 Å². The number of halogens is 2. The Balaban J connectivity index is 2.55. The molecule has 2 aromatic rings. The Morgan fingerprint density at radius 3 is 2.37 bits per heavy atom. The number of hydrogen-bond donors (Lipinski definition) is 1. The highest BCUT2D eigenvalue weighted by Gasteiger charge is 2.21. The number of aryl methyl sites for hydroxylation is 2. The van der Waals surface area contributed by atoms with Crippen LogP contribution in [0.15, 0.2) is 30.6 Å². The molecule has 1 unspecified atom stereocenters. The molecule has 1 atom stereocenters. The average Bonchev–Trinajstić information content (AvgIpc) is 2.41. The van der Waals surface area contributed by atoms with Gasteiger partial charge in [-0.15, -0.1) is 0 Å². The summed E-state index contributed by atoms with van der Waals surface area (Å²) in [6, 6.07) is 4.64. The van der Waals surface area contributed by atoms with Gasteiger partial charge in [-0.1, -0.05) is 12.1 Å². The molecule has 100 valence electrons.